The van der Waals surface area contributed by atoms with Crippen molar-refractivity contribution in [2.24, 2.45) is 0 Å². The molecule has 0 fully saturated rings. The van der Waals surface area contributed by atoms with Gasteiger partial charge in [0.1, 0.15) is 35.7 Å². The second kappa shape index (κ2) is 10.6. The third kappa shape index (κ3) is 5.71. The number of aliphatic hydroxyl groups is 1. The summed E-state index contributed by atoms with van der Waals surface area (Å²) in [5.74, 6) is 2.99. The molecule has 168 valence electrons. The van der Waals surface area contributed by atoms with Gasteiger partial charge in [-0.3, -0.25) is 4.90 Å². The second-order valence-corrected chi connectivity index (χ2v) is 7.88. The molecule has 3 rings (SSSR count). The SMILES string of the molecule is COc1cc(OC)c(C2=CCN(C[C@@H](O)COc3ccc(C)cc3C)CC2)c(OC)c1. The van der Waals surface area contributed by atoms with Crippen LogP contribution < -0.4 is 18.9 Å². The number of methoxy groups -OCH3 is 3. The molecule has 2 aromatic rings. The van der Waals surface area contributed by atoms with E-state index in [0.29, 0.717) is 12.3 Å². The van der Waals surface area contributed by atoms with Crippen molar-refractivity contribution >= 4 is 5.57 Å². The van der Waals surface area contributed by atoms with E-state index < -0.39 is 6.10 Å². The van der Waals surface area contributed by atoms with Crippen molar-refractivity contribution in [2.75, 3.05) is 47.6 Å². The lowest BCUT2D eigenvalue weighted by atomic mass is 9.97. The van der Waals surface area contributed by atoms with Gasteiger partial charge in [-0.1, -0.05) is 23.8 Å². The van der Waals surface area contributed by atoms with Crippen LogP contribution in [0, 0.1) is 13.8 Å². The van der Waals surface area contributed by atoms with E-state index in [1.165, 1.54) is 11.1 Å². The van der Waals surface area contributed by atoms with E-state index in [0.717, 1.165) is 47.9 Å². The molecule has 0 saturated carbocycles. The van der Waals surface area contributed by atoms with Crippen molar-refractivity contribution in [3.63, 3.8) is 0 Å². The minimum atomic E-state index is -0.555. The van der Waals surface area contributed by atoms with Gasteiger partial charge in [0, 0.05) is 31.8 Å². The van der Waals surface area contributed by atoms with E-state index in [4.69, 9.17) is 18.9 Å². The molecule has 1 aliphatic heterocycles. The van der Waals surface area contributed by atoms with Gasteiger partial charge in [-0.2, -0.15) is 0 Å². The Morgan fingerprint density at radius 2 is 1.68 bits per heavy atom. The second-order valence-electron chi connectivity index (χ2n) is 7.88. The number of hydrogen-bond acceptors (Lipinski definition) is 6. The maximum Gasteiger partial charge on any atom is 0.133 e. The maximum atomic E-state index is 10.5. The summed E-state index contributed by atoms with van der Waals surface area (Å²) < 4.78 is 22.4. The smallest absolute Gasteiger partial charge is 0.133 e. The molecule has 1 atom stereocenters. The molecule has 1 heterocycles. The van der Waals surface area contributed by atoms with Gasteiger partial charge in [-0.15, -0.1) is 0 Å². The van der Waals surface area contributed by atoms with Crippen LogP contribution in [0.4, 0.5) is 0 Å². The third-order valence-electron chi connectivity index (χ3n) is 5.56. The van der Waals surface area contributed by atoms with Crippen molar-refractivity contribution in [2.45, 2.75) is 26.4 Å². The predicted octanol–water partition coefficient (Wildman–Crippen LogP) is 3.86. The summed E-state index contributed by atoms with van der Waals surface area (Å²) in [5, 5.41) is 10.5. The number of benzene rings is 2. The monoisotopic (exact) mass is 427 g/mol. The van der Waals surface area contributed by atoms with E-state index in [9.17, 15) is 5.11 Å². The van der Waals surface area contributed by atoms with E-state index in [1.807, 2.05) is 31.2 Å². The summed E-state index contributed by atoms with van der Waals surface area (Å²) in [6, 6.07) is 9.81. The molecule has 0 amide bonds. The quantitative estimate of drug-likeness (QED) is 0.656. The van der Waals surface area contributed by atoms with Crippen molar-refractivity contribution in [1.29, 1.82) is 0 Å². The summed E-state index contributed by atoms with van der Waals surface area (Å²) in [7, 11) is 4.93. The largest absolute Gasteiger partial charge is 0.496 e. The van der Waals surface area contributed by atoms with Crippen LogP contribution in [0.1, 0.15) is 23.1 Å². The fraction of sp³-hybridized carbons (Fsp3) is 0.440. The maximum absolute atomic E-state index is 10.5. The molecule has 0 bridgehead atoms. The van der Waals surface area contributed by atoms with E-state index in [1.54, 1.807) is 21.3 Å². The summed E-state index contributed by atoms with van der Waals surface area (Å²) in [6.07, 6.45) is 2.46. The van der Waals surface area contributed by atoms with Crippen LogP contribution in [0.15, 0.2) is 36.4 Å². The number of aliphatic hydroxyl groups excluding tert-OH is 1. The fourth-order valence-electron chi connectivity index (χ4n) is 3.92. The van der Waals surface area contributed by atoms with Gasteiger partial charge in [0.2, 0.25) is 0 Å². The molecule has 2 aromatic carbocycles. The number of nitrogens with zero attached hydrogens (tertiary/aromatic N) is 1. The lowest BCUT2D eigenvalue weighted by molar-refractivity contribution is 0.0714. The fourth-order valence-corrected chi connectivity index (χ4v) is 3.92. The lowest BCUT2D eigenvalue weighted by Gasteiger charge is -2.29. The minimum absolute atomic E-state index is 0.275. The zero-order valence-corrected chi connectivity index (χ0v) is 19.1. The number of ether oxygens (including phenoxy) is 4. The number of β-amino-alcohol motifs (C(OH)–C–C–N with tert-alkyl or cyclic N) is 1. The molecule has 1 N–H and O–H groups in total. The average molecular weight is 428 g/mol. The first-order valence-corrected chi connectivity index (χ1v) is 10.5. The third-order valence-corrected chi connectivity index (χ3v) is 5.56. The number of hydrogen-bond donors (Lipinski definition) is 1. The summed E-state index contributed by atoms with van der Waals surface area (Å²) >= 11 is 0. The Labute approximate surface area is 185 Å². The lowest BCUT2D eigenvalue weighted by Crippen LogP contribution is -2.38. The van der Waals surface area contributed by atoms with Crippen LogP contribution in [0.25, 0.3) is 5.57 Å². The highest BCUT2D eigenvalue weighted by molar-refractivity contribution is 5.77. The first-order chi connectivity index (χ1) is 14.9. The van der Waals surface area contributed by atoms with Crippen LogP contribution in [0.2, 0.25) is 0 Å². The Morgan fingerprint density at radius 3 is 2.23 bits per heavy atom. The summed E-state index contributed by atoms with van der Waals surface area (Å²) in [4.78, 5) is 2.22. The molecule has 6 nitrogen and oxygen atoms in total. The van der Waals surface area contributed by atoms with Crippen LogP contribution in [-0.4, -0.2) is 63.7 Å². The molecule has 0 saturated heterocycles. The van der Waals surface area contributed by atoms with Crippen LogP contribution in [0.5, 0.6) is 23.0 Å². The molecule has 0 aliphatic carbocycles. The Bertz CT molecular complexity index is 899. The van der Waals surface area contributed by atoms with Gasteiger partial charge in [0.15, 0.2) is 0 Å². The average Bonchev–Trinajstić information content (AvgIpc) is 2.78. The van der Waals surface area contributed by atoms with Gasteiger partial charge in [-0.05, 0) is 37.5 Å². The predicted molar refractivity (Wildman–Crippen MR) is 123 cm³/mol. The van der Waals surface area contributed by atoms with E-state index >= 15 is 0 Å². The van der Waals surface area contributed by atoms with Crippen LogP contribution >= 0.6 is 0 Å². The molecule has 0 aromatic heterocycles. The molecule has 31 heavy (non-hydrogen) atoms. The van der Waals surface area contributed by atoms with Crippen molar-refractivity contribution in [1.82, 2.24) is 4.90 Å². The number of rotatable bonds is 9. The van der Waals surface area contributed by atoms with Crippen molar-refractivity contribution in [3.05, 3.63) is 53.1 Å². The Morgan fingerprint density at radius 1 is 0.968 bits per heavy atom. The minimum Gasteiger partial charge on any atom is -0.496 e. The molecule has 0 unspecified atom stereocenters. The van der Waals surface area contributed by atoms with Gasteiger partial charge in [0.25, 0.3) is 0 Å². The van der Waals surface area contributed by atoms with Crippen molar-refractivity contribution < 1.29 is 24.1 Å². The standard InChI is InChI=1S/C25H33NO5/c1-17-6-7-22(18(2)12-17)31-16-20(27)15-26-10-8-19(9-11-26)25-23(29-4)13-21(28-3)14-24(25)30-5/h6-8,12-14,20,27H,9-11,15-16H2,1-5H3/t20-/m1/s1. The van der Waals surface area contributed by atoms with Gasteiger partial charge < -0.3 is 24.1 Å². The molecular formula is C25H33NO5. The van der Waals surface area contributed by atoms with E-state index in [-0.39, 0.29) is 6.61 Å². The van der Waals surface area contributed by atoms with Gasteiger partial charge in [0.05, 0.1) is 26.9 Å². The highest BCUT2D eigenvalue weighted by Gasteiger charge is 2.22. The molecule has 1 aliphatic rings. The van der Waals surface area contributed by atoms with Gasteiger partial charge in [-0.25, -0.2) is 0 Å². The van der Waals surface area contributed by atoms with Gasteiger partial charge >= 0.3 is 0 Å². The number of aryl methyl sites for hydroxylation is 2. The topological polar surface area (TPSA) is 60.4 Å². The Hall–Kier alpha value is -2.70. The zero-order valence-electron chi connectivity index (χ0n) is 19.1. The van der Waals surface area contributed by atoms with E-state index in [2.05, 4.69) is 24.0 Å². The zero-order chi connectivity index (χ0) is 22.4. The highest BCUT2D eigenvalue weighted by atomic mass is 16.5. The molecule has 0 spiro atoms. The molecule has 0 radical (unpaired) electrons. The van der Waals surface area contributed by atoms with Crippen LogP contribution in [0.3, 0.4) is 0 Å². The van der Waals surface area contributed by atoms with Crippen LogP contribution in [-0.2, 0) is 0 Å². The highest BCUT2D eigenvalue weighted by Crippen LogP contribution is 2.40. The first-order valence-electron chi connectivity index (χ1n) is 10.5. The normalized spacial score (nSPS) is 15.2. The summed E-state index contributed by atoms with van der Waals surface area (Å²) in [5.41, 5.74) is 4.42. The Kier molecular flexibility index (Phi) is 7.82. The molecule has 6 heteroatoms. The first kappa shape index (κ1) is 23.0. The molecular weight excluding hydrogens is 394 g/mol. The Balaban J connectivity index is 1.61. The summed E-state index contributed by atoms with van der Waals surface area (Å²) in [6.45, 7) is 6.50. The van der Waals surface area contributed by atoms with Crippen molar-refractivity contribution in [3.8, 4) is 23.0 Å².